The molecule has 142 valence electrons. The van der Waals surface area contributed by atoms with Crippen molar-refractivity contribution in [3.8, 4) is 0 Å². The molecular weight excluding hydrogens is 435 g/mol. The first-order chi connectivity index (χ1) is 11.5. The van der Waals surface area contributed by atoms with Crippen molar-refractivity contribution in [2.75, 3.05) is 26.7 Å². The van der Waals surface area contributed by atoms with Crippen LogP contribution in [0.4, 0.5) is 4.79 Å². The third-order valence-corrected chi connectivity index (χ3v) is 4.18. The van der Waals surface area contributed by atoms with Gasteiger partial charge in [-0.3, -0.25) is 4.99 Å². The number of hydrogen-bond acceptors (Lipinski definition) is 4. The van der Waals surface area contributed by atoms with Crippen LogP contribution in [0.5, 0.6) is 0 Å². The number of ether oxygens (including phenoxy) is 1. The van der Waals surface area contributed by atoms with Crippen LogP contribution in [-0.2, 0) is 11.3 Å². The zero-order chi connectivity index (χ0) is 17.5. The lowest BCUT2D eigenvalue weighted by Crippen LogP contribution is -2.49. The normalized spacial score (nSPS) is 15.5. The van der Waals surface area contributed by atoms with Gasteiger partial charge in [-0.05, 0) is 39.7 Å². The topological polar surface area (TPSA) is 79.1 Å². The van der Waals surface area contributed by atoms with Crippen molar-refractivity contribution in [1.82, 2.24) is 15.5 Å². The van der Waals surface area contributed by atoms with E-state index in [0.29, 0.717) is 32.3 Å². The van der Waals surface area contributed by atoms with Gasteiger partial charge >= 0.3 is 6.09 Å². The Hall–Kier alpha value is -1.45. The first-order valence-corrected chi connectivity index (χ1v) is 8.48. The van der Waals surface area contributed by atoms with Crippen LogP contribution in [0.3, 0.4) is 0 Å². The smallest absolute Gasteiger partial charge is 0.409 e. The van der Waals surface area contributed by atoms with E-state index in [9.17, 15) is 4.79 Å². The summed E-state index contributed by atoms with van der Waals surface area (Å²) in [5.74, 6) is 2.61. The summed E-state index contributed by atoms with van der Waals surface area (Å²) < 4.78 is 10.6. The minimum atomic E-state index is -0.218. The molecule has 0 atom stereocenters. The molecular formula is C17H29IN4O3. The molecule has 1 aliphatic heterocycles. The summed E-state index contributed by atoms with van der Waals surface area (Å²) in [7, 11) is 1.76. The molecule has 8 heteroatoms. The number of piperidine rings is 1. The maximum Gasteiger partial charge on any atom is 0.409 e. The number of aryl methyl sites for hydroxylation is 2. The van der Waals surface area contributed by atoms with Crippen molar-refractivity contribution in [3.63, 3.8) is 0 Å². The van der Waals surface area contributed by atoms with E-state index in [0.717, 1.165) is 35.9 Å². The van der Waals surface area contributed by atoms with Gasteiger partial charge in [0.15, 0.2) is 5.96 Å². The molecule has 1 saturated heterocycles. The zero-order valence-electron chi connectivity index (χ0n) is 15.4. The molecule has 0 aliphatic carbocycles. The number of nitrogens with one attached hydrogen (secondary N) is 2. The number of halogens is 1. The Morgan fingerprint density at radius 1 is 1.40 bits per heavy atom. The predicted molar refractivity (Wildman–Crippen MR) is 109 cm³/mol. The van der Waals surface area contributed by atoms with E-state index in [-0.39, 0.29) is 30.1 Å². The Kier molecular flexibility index (Phi) is 9.09. The molecule has 2 N–H and O–H groups in total. The molecule has 7 nitrogen and oxygen atoms in total. The number of guanidine groups is 1. The summed E-state index contributed by atoms with van der Waals surface area (Å²) in [6.45, 7) is 8.23. The molecule has 2 heterocycles. The molecule has 2 rings (SSSR count). The Bertz CT molecular complexity index is 580. The average Bonchev–Trinajstić information content (AvgIpc) is 2.89. The van der Waals surface area contributed by atoms with Gasteiger partial charge in [-0.1, -0.05) is 0 Å². The first kappa shape index (κ1) is 21.6. The van der Waals surface area contributed by atoms with E-state index in [2.05, 4.69) is 15.6 Å². The lowest BCUT2D eigenvalue weighted by Gasteiger charge is -2.32. The number of likely N-dealkylation sites (tertiary alicyclic amines) is 1. The Balaban J connectivity index is 0.00000312. The van der Waals surface area contributed by atoms with Crippen LogP contribution in [0.1, 0.15) is 36.8 Å². The second kappa shape index (κ2) is 10.5. The second-order valence-corrected chi connectivity index (χ2v) is 5.97. The van der Waals surface area contributed by atoms with Gasteiger partial charge in [0.25, 0.3) is 0 Å². The first-order valence-electron chi connectivity index (χ1n) is 8.48. The quantitative estimate of drug-likeness (QED) is 0.407. The number of carbonyl (C=O) groups excluding carboxylic acids is 1. The van der Waals surface area contributed by atoms with Gasteiger partial charge in [0, 0.05) is 38.3 Å². The van der Waals surface area contributed by atoms with Gasteiger partial charge in [-0.2, -0.15) is 0 Å². The fraction of sp³-hybridized carbons (Fsp3) is 0.647. The number of amides is 1. The van der Waals surface area contributed by atoms with Crippen molar-refractivity contribution < 1.29 is 13.9 Å². The van der Waals surface area contributed by atoms with E-state index in [4.69, 9.17) is 9.15 Å². The molecule has 0 radical (unpaired) electrons. The summed E-state index contributed by atoms with van der Waals surface area (Å²) in [5, 5.41) is 6.74. The molecule has 0 saturated carbocycles. The monoisotopic (exact) mass is 464 g/mol. The molecule has 1 aliphatic rings. The highest BCUT2D eigenvalue weighted by molar-refractivity contribution is 14.0. The van der Waals surface area contributed by atoms with E-state index in [1.165, 1.54) is 0 Å². The number of carbonyl (C=O) groups is 1. The van der Waals surface area contributed by atoms with E-state index in [1.54, 1.807) is 11.9 Å². The highest BCUT2D eigenvalue weighted by Crippen LogP contribution is 2.14. The van der Waals surface area contributed by atoms with E-state index < -0.39 is 0 Å². The number of hydrogen-bond donors (Lipinski definition) is 2. The number of furan rings is 1. The van der Waals surface area contributed by atoms with Crippen LogP contribution in [0, 0.1) is 13.8 Å². The number of aliphatic imine (C=N–C) groups is 1. The lowest BCUT2D eigenvalue weighted by atomic mass is 10.1. The molecule has 1 aromatic rings. The molecule has 1 aromatic heterocycles. The van der Waals surface area contributed by atoms with E-state index >= 15 is 0 Å². The molecule has 25 heavy (non-hydrogen) atoms. The summed E-state index contributed by atoms with van der Waals surface area (Å²) in [5.41, 5.74) is 1.13. The minimum Gasteiger partial charge on any atom is -0.466 e. The van der Waals surface area contributed by atoms with Crippen molar-refractivity contribution in [2.45, 2.75) is 46.2 Å². The molecule has 1 amide bonds. The lowest BCUT2D eigenvalue weighted by molar-refractivity contribution is 0.0963. The average molecular weight is 464 g/mol. The zero-order valence-corrected chi connectivity index (χ0v) is 17.8. The predicted octanol–water partition coefficient (Wildman–Crippen LogP) is 2.80. The van der Waals surface area contributed by atoms with Gasteiger partial charge in [0.2, 0.25) is 0 Å². The number of nitrogens with zero attached hydrogens (tertiary/aromatic N) is 2. The van der Waals surface area contributed by atoms with Crippen LogP contribution in [0.15, 0.2) is 15.5 Å². The molecule has 1 fully saturated rings. The van der Waals surface area contributed by atoms with E-state index in [1.807, 2.05) is 26.8 Å². The highest BCUT2D eigenvalue weighted by Gasteiger charge is 2.24. The fourth-order valence-corrected chi connectivity index (χ4v) is 2.85. The van der Waals surface area contributed by atoms with Gasteiger partial charge in [0.1, 0.15) is 11.5 Å². The fourth-order valence-electron chi connectivity index (χ4n) is 2.85. The largest absolute Gasteiger partial charge is 0.466 e. The van der Waals surface area contributed by atoms with Crippen LogP contribution in [0.25, 0.3) is 0 Å². The maximum absolute atomic E-state index is 11.7. The molecule has 0 spiro atoms. The Morgan fingerprint density at radius 2 is 2.08 bits per heavy atom. The Morgan fingerprint density at radius 3 is 2.60 bits per heavy atom. The summed E-state index contributed by atoms with van der Waals surface area (Å²) in [4.78, 5) is 17.7. The van der Waals surface area contributed by atoms with Crippen molar-refractivity contribution in [2.24, 2.45) is 4.99 Å². The molecule has 0 unspecified atom stereocenters. The third-order valence-electron chi connectivity index (χ3n) is 4.18. The SMILES string of the molecule is CCOC(=O)N1CCC(NC(=NC)NCc2cc(C)oc2C)CC1.I. The molecule has 0 aromatic carbocycles. The summed E-state index contributed by atoms with van der Waals surface area (Å²) >= 11 is 0. The van der Waals surface area contributed by atoms with Crippen LogP contribution >= 0.6 is 24.0 Å². The Labute approximate surface area is 166 Å². The highest BCUT2D eigenvalue weighted by atomic mass is 127. The third kappa shape index (κ3) is 6.41. The van der Waals surface area contributed by atoms with Crippen LogP contribution in [-0.4, -0.2) is 49.7 Å². The van der Waals surface area contributed by atoms with Gasteiger partial charge in [-0.25, -0.2) is 4.79 Å². The van der Waals surface area contributed by atoms with Crippen molar-refractivity contribution in [3.05, 3.63) is 23.2 Å². The van der Waals surface area contributed by atoms with Crippen molar-refractivity contribution >= 4 is 36.0 Å². The standard InChI is InChI=1S/C17H28N4O3.HI/c1-5-23-17(22)21-8-6-15(7-9-21)20-16(18-4)19-11-14-10-12(2)24-13(14)3;/h10,15H,5-9,11H2,1-4H3,(H2,18,19,20);1H. The van der Waals surface area contributed by atoms with Gasteiger partial charge < -0.3 is 24.7 Å². The maximum atomic E-state index is 11.7. The van der Waals surface area contributed by atoms with Gasteiger partial charge in [-0.15, -0.1) is 24.0 Å². The molecule has 0 bridgehead atoms. The minimum absolute atomic E-state index is 0. The van der Waals surface area contributed by atoms with Crippen LogP contribution in [0.2, 0.25) is 0 Å². The number of rotatable bonds is 4. The van der Waals surface area contributed by atoms with Gasteiger partial charge in [0.05, 0.1) is 6.61 Å². The summed E-state index contributed by atoms with van der Waals surface area (Å²) in [6.07, 6.45) is 1.54. The second-order valence-electron chi connectivity index (χ2n) is 5.97. The van der Waals surface area contributed by atoms with Crippen LogP contribution < -0.4 is 10.6 Å². The summed E-state index contributed by atoms with van der Waals surface area (Å²) in [6, 6.07) is 2.34. The van der Waals surface area contributed by atoms with Crippen molar-refractivity contribution in [1.29, 1.82) is 0 Å².